The van der Waals surface area contributed by atoms with Gasteiger partial charge < -0.3 is 15.4 Å². The van der Waals surface area contributed by atoms with E-state index < -0.39 is 17.6 Å². The molecule has 1 aromatic heterocycles. The zero-order chi connectivity index (χ0) is 14.2. The third-order valence-electron chi connectivity index (χ3n) is 2.74. The zero-order valence-corrected chi connectivity index (χ0v) is 10.1. The van der Waals surface area contributed by atoms with Gasteiger partial charge in [-0.25, -0.2) is 9.18 Å². The number of nitrogens with two attached hydrogens (primary N) is 1. The lowest BCUT2D eigenvalue weighted by Gasteiger charge is -2.01. The molecule has 0 unspecified atom stereocenters. The van der Waals surface area contributed by atoms with Crippen LogP contribution in [0, 0.1) is 5.82 Å². The van der Waals surface area contributed by atoms with Crippen LogP contribution in [-0.4, -0.2) is 21.4 Å². The molecule has 1 heterocycles. The highest BCUT2D eigenvalue weighted by atomic mass is 19.1. The fourth-order valence-electron chi connectivity index (χ4n) is 1.75. The number of aromatic nitrogens is 1. The van der Waals surface area contributed by atoms with Crippen LogP contribution < -0.4 is 5.73 Å². The molecule has 3 N–H and O–H groups in total. The number of anilines is 1. The molecule has 0 amide bonds. The van der Waals surface area contributed by atoms with E-state index in [1.807, 2.05) is 0 Å². The van der Waals surface area contributed by atoms with Crippen LogP contribution in [-0.2, 0) is 7.05 Å². The Morgan fingerprint density at radius 1 is 1.26 bits per heavy atom. The van der Waals surface area contributed by atoms with Crippen molar-refractivity contribution in [3.63, 3.8) is 0 Å². The van der Waals surface area contributed by atoms with Gasteiger partial charge in [0.25, 0.3) is 0 Å². The average molecular weight is 262 g/mol. The van der Waals surface area contributed by atoms with E-state index in [0.29, 0.717) is 0 Å². The Hall–Kier alpha value is -2.63. The van der Waals surface area contributed by atoms with Crippen molar-refractivity contribution in [1.29, 1.82) is 0 Å². The molecule has 98 valence electrons. The van der Waals surface area contributed by atoms with E-state index in [0.717, 1.165) is 6.07 Å². The van der Waals surface area contributed by atoms with E-state index in [4.69, 9.17) is 10.8 Å². The van der Waals surface area contributed by atoms with Gasteiger partial charge in [0.05, 0.1) is 5.69 Å². The number of carboxylic acids is 1. The summed E-state index contributed by atoms with van der Waals surface area (Å²) in [5.74, 6) is -2.13. The first-order valence-electron chi connectivity index (χ1n) is 5.39. The average Bonchev–Trinajstić information content (AvgIpc) is 2.74. The number of hydrogen-bond donors (Lipinski definition) is 2. The number of halogens is 1. The van der Waals surface area contributed by atoms with E-state index in [9.17, 15) is 14.0 Å². The smallest absolute Gasteiger partial charge is 0.352 e. The molecule has 19 heavy (non-hydrogen) atoms. The van der Waals surface area contributed by atoms with Crippen molar-refractivity contribution in [3.8, 4) is 0 Å². The molecule has 0 fully saturated rings. The first kappa shape index (κ1) is 12.8. The van der Waals surface area contributed by atoms with Crippen LogP contribution in [0.3, 0.4) is 0 Å². The van der Waals surface area contributed by atoms with Gasteiger partial charge >= 0.3 is 5.97 Å². The van der Waals surface area contributed by atoms with Gasteiger partial charge in [0, 0.05) is 24.4 Å². The minimum absolute atomic E-state index is 0.00145. The highest BCUT2D eigenvalue weighted by Gasteiger charge is 2.17. The molecule has 0 saturated heterocycles. The van der Waals surface area contributed by atoms with Gasteiger partial charge in [-0.1, -0.05) is 0 Å². The monoisotopic (exact) mass is 262 g/mol. The van der Waals surface area contributed by atoms with Crippen molar-refractivity contribution < 1.29 is 19.1 Å². The quantitative estimate of drug-likeness (QED) is 0.651. The number of carbonyl (C=O) groups is 2. The fourth-order valence-corrected chi connectivity index (χ4v) is 1.75. The summed E-state index contributed by atoms with van der Waals surface area (Å²) in [6.45, 7) is 0. The predicted octanol–water partition coefficient (Wildman–Crippen LogP) is 1.68. The molecule has 6 heteroatoms. The van der Waals surface area contributed by atoms with Crippen molar-refractivity contribution in [1.82, 2.24) is 4.57 Å². The van der Waals surface area contributed by atoms with E-state index in [1.165, 1.54) is 36.0 Å². The Balaban J connectivity index is 2.41. The zero-order valence-electron chi connectivity index (χ0n) is 10.1. The predicted molar refractivity (Wildman–Crippen MR) is 66.6 cm³/mol. The van der Waals surface area contributed by atoms with E-state index in [1.54, 1.807) is 0 Å². The molecule has 0 bridgehead atoms. The summed E-state index contributed by atoms with van der Waals surface area (Å²) in [7, 11) is 1.53. The van der Waals surface area contributed by atoms with E-state index in [-0.39, 0.29) is 22.5 Å². The Morgan fingerprint density at radius 3 is 2.47 bits per heavy atom. The number of benzene rings is 1. The van der Waals surface area contributed by atoms with Crippen LogP contribution in [0.5, 0.6) is 0 Å². The van der Waals surface area contributed by atoms with E-state index >= 15 is 0 Å². The van der Waals surface area contributed by atoms with E-state index in [2.05, 4.69) is 0 Å². The number of carboxylic acid groups (broad SMARTS) is 1. The lowest BCUT2D eigenvalue weighted by Crippen LogP contribution is -2.02. The third kappa shape index (κ3) is 2.33. The first-order valence-corrected chi connectivity index (χ1v) is 5.39. The van der Waals surface area contributed by atoms with Crippen LogP contribution in [0.1, 0.15) is 26.4 Å². The van der Waals surface area contributed by atoms with Crippen LogP contribution >= 0.6 is 0 Å². The molecule has 0 atom stereocenters. The summed E-state index contributed by atoms with van der Waals surface area (Å²) < 4.78 is 14.4. The number of carbonyl (C=O) groups excluding carboxylic acids is 1. The lowest BCUT2D eigenvalue weighted by atomic mass is 10.1. The van der Waals surface area contributed by atoms with Gasteiger partial charge in [-0.15, -0.1) is 0 Å². The van der Waals surface area contributed by atoms with Crippen molar-refractivity contribution in [2.45, 2.75) is 0 Å². The highest BCUT2D eigenvalue weighted by Crippen LogP contribution is 2.17. The summed E-state index contributed by atoms with van der Waals surface area (Å²) in [6.07, 6.45) is 1.41. The summed E-state index contributed by atoms with van der Waals surface area (Å²) >= 11 is 0. The summed E-state index contributed by atoms with van der Waals surface area (Å²) in [5, 5.41) is 8.91. The van der Waals surface area contributed by atoms with Gasteiger partial charge in [-0.2, -0.15) is 0 Å². The standard InChI is InChI=1S/C13H11FN2O3/c1-16-6-8(5-11(16)13(18)19)12(17)7-2-3-9(14)10(15)4-7/h2-6H,15H2,1H3,(H,18,19). The summed E-state index contributed by atoms with van der Waals surface area (Å²) in [5.41, 5.74) is 5.69. The molecule has 0 aliphatic carbocycles. The molecule has 5 nitrogen and oxygen atoms in total. The minimum atomic E-state index is -1.12. The number of nitrogen functional groups attached to an aromatic ring is 1. The number of hydrogen-bond acceptors (Lipinski definition) is 3. The fraction of sp³-hybridized carbons (Fsp3) is 0.0769. The van der Waals surface area contributed by atoms with Gasteiger partial charge in [0.2, 0.25) is 0 Å². The molecule has 1 aromatic carbocycles. The largest absolute Gasteiger partial charge is 0.477 e. The maximum absolute atomic E-state index is 13.0. The first-order chi connectivity index (χ1) is 8.90. The second-order valence-electron chi connectivity index (χ2n) is 4.10. The minimum Gasteiger partial charge on any atom is -0.477 e. The maximum atomic E-state index is 13.0. The second-order valence-corrected chi connectivity index (χ2v) is 4.10. The van der Waals surface area contributed by atoms with Crippen LogP contribution in [0.25, 0.3) is 0 Å². The molecule has 0 aliphatic rings. The van der Waals surface area contributed by atoms with Crippen LogP contribution in [0.2, 0.25) is 0 Å². The lowest BCUT2D eigenvalue weighted by molar-refractivity contribution is 0.0686. The van der Waals surface area contributed by atoms with Gasteiger partial charge in [0.1, 0.15) is 11.5 Å². The molecule has 0 aliphatic heterocycles. The Kier molecular flexibility index (Phi) is 3.08. The number of nitrogens with zero attached hydrogens (tertiary/aromatic N) is 1. The molecule has 0 saturated carbocycles. The maximum Gasteiger partial charge on any atom is 0.352 e. The van der Waals surface area contributed by atoms with Crippen molar-refractivity contribution in [3.05, 3.63) is 53.1 Å². The van der Waals surface area contributed by atoms with Crippen molar-refractivity contribution in [2.24, 2.45) is 7.05 Å². The molecular weight excluding hydrogens is 251 g/mol. The van der Waals surface area contributed by atoms with Crippen molar-refractivity contribution >= 4 is 17.4 Å². The number of aromatic carboxylic acids is 1. The highest BCUT2D eigenvalue weighted by molar-refractivity contribution is 6.10. The molecule has 2 rings (SSSR count). The molecule has 0 spiro atoms. The normalized spacial score (nSPS) is 10.4. The number of aryl methyl sites for hydroxylation is 1. The summed E-state index contributed by atoms with van der Waals surface area (Å²) in [4.78, 5) is 23.0. The van der Waals surface area contributed by atoms with Crippen LogP contribution in [0.15, 0.2) is 30.5 Å². The molecule has 0 radical (unpaired) electrons. The number of rotatable bonds is 3. The van der Waals surface area contributed by atoms with Crippen molar-refractivity contribution in [2.75, 3.05) is 5.73 Å². The van der Waals surface area contributed by atoms with Gasteiger partial charge in [-0.05, 0) is 24.3 Å². The van der Waals surface area contributed by atoms with Gasteiger partial charge in [0.15, 0.2) is 5.78 Å². The number of ketones is 1. The Labute approximate surface area is 108 Å². The Bertz CT molecular complexity index is 677. The second kappa shape index (κ2) is 4.56. The third-order valence-corrected chi connectivity index (χ3v) is 2.74. The molecular formula is C13H11FN2O3. The van der Waals surface area contributed by atoms with Gasteiger partial charge in [-0.3, -0.25) is 4.79 Å². The molecule has 2 aromatic rings. The summed E-state index contributed by atoms with van der Waals surface area (Å²) in [6, 6.07) is 4.90. The Morgan fingerprint density at radius 2 is 1.95 bits per heavy atom. The topological polar surface area (TPSA) is 85.3 Å². The van der Waals surface area contributed by atoms with Crippen LogP contribution in [0.4, 0.5) is 10.1 Å². The SMILES string of the molecule is Cn1cc(C(=O)c2ccc(F)c(N)c2)cc1C(=O)O.